The summed E-state index contributed by atoms with van der Waals surface area (Å²) >= 11 is 0. The van der Waals surface area contributed by atoms with Crippen LogP contribution in [-0.4, -0.2) is 18.8 Å². The summed E-state index contributed by atoms with van der Waals surface area (Å²) < 4.78 is 29.3. The molecule has 1 aromatic heterocycles. The number of aromatic nitrogens is 1. The number of nitrogens with zero attached hydrogens (tertiary/aromatic N) is 1. The molecule has 122 valence electrons. The molecule has 2 aromatic carbocycles. The lowest BCUT2D eigenvalue weighted by Gasteiger charge is -2.10. The van der Waals surface area contributed by atoms with Crippen LogP contribution in [0.5, 0.6) is 0 Å². The first-order valence-corrected chi connectivity index (χ1v) is 8.81. The van der Waals surface area contributed by atoms with Crippen molar-refractivity contribution in [3.8, 4) is 5.69 Å². The Kier molecular flexibility index (Phi) is 4.22. The molecule has 0 aliphatic rings. The minimum Gasteiger partial charge on any atom is -0.324 e. The summed E-state index contributed by atoms with van der Waals surface area (Å²) in [7, 11) is -3.69. The van der Waals surface area contributed by atoms with E-state index < -0.39 is 10.0 Å². The van der Waals surface area contributed by atoms with Crippen LogP contribution in [0.1, 0.15) is 17.3 Å². The van der Waals surface area contributed by atoms with Gasteiger partial charge in [0, 0.05) is 29.3 Å². The van der Waals surface area contributed by atoms with Crippen molar-refractivity contribution in [2.24, 2.45) is 0 Å². The maximum absolute atomic E-state index is 12.4. The molecule has 0 saturated carbocycles. The van der Waals surface area contributed by atoms with Gasteiger partial charge in [-0.05, 0) is 55.5 Å². The molecule has 0 atom stereocenters. The van der Waals surface area contributed by atoms with Gasteiger partial charge in [-0.1, -0.05) is 12.1 Å². The van der Waals surface area contributed by atoms with E-state index in [4.69, 9.17) is 0 Å². The fourth-order valence-corrected chi connectivity index (χ4v) is 3.35. The summed E-state index contributed by atoms with van der Waals surface area (Å²) in [4.78, 5) is 11.4. The molecule has 3 rings (SSSR count). The zero-order valence-electron chi connectivity index (χ0n) is 13.0. The highest BCUT2D eigenvalue weighted by Gasteiger charge is 2.14. The zero-order chi connectivity index (χ0) is 17.2. The molecular formula is C18H16N2O3S. The van der Waals surface area contributed by atoms with E-state index in [-0.39, 0.29) is 10.7 Å². The fraction of sp³-hybridized carbons (Fsp3) is 0.0556. The largest absolute Gasteiger partial charge is 0.324 e. The summed E-state index contributed by atoms with van der Waals surface area (Å²) in [6.07, 6.45) is 3.82. The average Bonchev–Trinajstić information content (AvgIpc) is 3.10. The van der Waals surface area contributed by atoms with Crippen LogP contribution >= 0.6 is 0 Å². The minimum absolute atomic E-state index is 0.104. The topological polar surface area (TPSA) is 68.2 Å². The predicted octanol–water partition coefficient (Wildman–Crippen LogP) is 3.48. The van der Waals surface area contributed by atoms with E-state index in [1.165, 1.54) is 31.2 Å². The van der Waals surface area contributed by atoms with E-state index in [0.717, 1.165) is 5.69 Å². The average molecular weight is 340 g/mol. The van der Waals surface area contributed by atoms with Gasteiger partial charge < -0.3 is 4.57 Å². The lowest BCUT2D eigenvalue weighted by atomic mass is 10.2. The van der Waals surface area contributed by atoms with E-state index >= 15 is 0 Å². The van der Waals surface area contributed by atoms with Crippen molar-refractivity contribution < 1.29 is 13.2 Å². The second-order valence-electron chi connectivity index (χ2n) is 5.32. The van der Waals surface area contributed by atoms with E-state index in [2.05, 4.69) is 4.72 Å². The molecule has 0 radical (unpaired) electrons. The smallest absolute Gasteiger partial charge is 0.261 e. The Morgan fingerprint density at radius 2 is 1.50 bits per heavy atom. The molecular weight excluding hydrogens is 324 g/mol. The molecule has 24 heavy (non-hydrogen) atoms. The third kappa shape index (κ3) is 3.38. The van der Waals surface area contributed by atoms with Crippen LogP contribution in [0.2, 0.25) is 0 Å². The van der Waals surface area contributed by atoms with Gasteiger partial charge in [-0.3, -0.25) is 9.52 Å². The van der Waals surface area contributed by atoms with Crippen molar-refractivity contribution in [2.75, 3.05) is 4.72 Å². The van der Waals surface area contributed by atoms with Crippen LogP contribution in [0.3, 0.4) is 0 Å². The van der Waals surface area contributed by atoms with E-state index in [0.29, 0.717) is 11.3 Å². The number of anilines is 1. The third-order valence-electron chi connectivity index (χ3n) is 3.59. The quantitative estimate of drug-likeness (QED) is 0.723. The molecule has 3 aromatic rings. The number of ketones is 1. The fourth-order valence-electron chi connectivity index (χ4n) is 2.29. The van der Waals surface area contributed by atoms with Crippen LogP contribution in [0, 0.1) is 0 Å². The van der Waals surface area contributed by atoms with Crippen molar-refractivity contribution in [3.63, 3.8) is 0 Å². The van der Waals surface area contributed by atoms with Gasteiger partial charge in [-0.15, -0.1) is 0 Å². The first-order chi connectivity index (χ1) is 11.5. The number of sulfonamides is 1. The zero-order valence-corrected chi connectivity index (χ0v) is 13.8. The minimum atomic E-state index is -3.69. The first-order valence-electron chi connectivity index (χ1n) is 7.33. The van der Waals surface area contributed by atoms with Gasteiger partial charge in [0.05, 0.1) is 4.90 Å². The number of carbonyl (C=O) groups is 1. The molecule has 0 spiro atoms. The molecule has 0 saturated heterocycles. The number of hydrogen-bond acceptors (Lipinski definition) is 3. The van der Waals surface area contributed by atoms with Crippen molar-refractivity contribution >= 4 is 21.5 Å². The second kappa shape index (κ2) is 6.33. The molecule has 0 unspecified atom stereocenters. The number of rotatable bonds is 5. The summed E-state index contributed by atoms with van der Waals surface area (Å²) in [6.45, 7) is 1.44. The van der Waals surface area contributed by atoms with Crippen molar-refractivity contribution in [1.29, 1.82) is 0 Å². The van der Waals surface area contributed by atoms with Crippen LogP contribution in [0.25, 0.3) is 5.69 Å². The maximum atomic E-state index is 12.4. The van der Waals surface area contributed by atoms with E-state index in [9.17, 15) is 13.2 Å². The van der Waals surface area contributed by atoms with E-state index in [1.807, 2.05) is 41.2 Å². The standard InChI is InChI=1S/C18H16N2O3S/c1-14(21)15-4-10-18(11-5-15)24(22,23)19-16-6-8-17(9-7-16)20-12-2-3-13-20/h2-13,19H,1H3. The molecule has 0 fully saturated rings. The Hall–Kier alpha value is -2.86. The molecule has 6 heteroatoms. The Balaban J connectivity index is 1.80. The number of carbonyl (C=O) groups excluding carboxylic acids is 1. The molecule has 1 heterocycles. The van der Waals surface area contributed by atoms with Crippen molar-refractivity contribution in [1.82, 2.24) is 4.57 Å². The number of nitrogens with one attached hydrogen (secondary N) is 1. The van der Waals surface area contributed by atoms with Crippen LogP contribution < -0.4 is 4.72 Å². The van der Waals surface area contributed by atoms with Gasteiger partial charge >= 0.3 is 0 Å². The van der Waals surface area contributed by atoms with Gasteiger partial charge in [0.1, 0.15) is 0 Å². The molecule has 0 aliphatic heterocycles. The lowest BCUT2D eigenvalue weighted by molar-refractivity contribution is 0.101. The van der Waals surface area contributed by atoms with Gasteiger partial charge in [-0.25, -0.2) is 8.42 Å². The van der Waals surface area contributed by atoms with Crippen molar-refractivity contribution in [2.45, 2.75) is 11.8 Å². The Morgan fingerprint density at radius 3 is 2.04 bits per heavy atom. The Morgan fingerprint density at radius 1 is 0.917 bits per heavy atom. The van der Waals surface area contributed by atoms with Gasteiger partial charge in [0.15, 0.2) is 5.78 Å². The summed E-state index contributed by atoms with van der Waals surface area (Å²) in [6, 6.07) is 16.8. The van der Waals surface area contributed by atoms with E-state index in [1.54, 1.807) is 12.1 Å². The third-order valence-corrected chi connectivity index (χ3v) is 4.99. The van der Waals surface area contributed by atoms with Crippen LogP contribution in [0.4, 0.5) is 5.69 Å². The van der Waals surface area contributed by atoms with Crippen LogP contribution in [-0.2, 0) is 10.0 Å². The number of benzene rings is 2. The molecule has 0 bridgehead atoms. The highest BCUT2D eigenvalue weighted by atomic mass is 32.2. The van der Waals surface area contributed by atoms with Gasteiger partial charge in [0.2, 0.25) is 0 Å². The molecule has 0 aliphatic carbocycles. The highest BCUT2D eigenvalue weighted by Crippen LogP contribution is 2.19. The number of hydrogen-bond donors (Lipinski definition) is 1. The second-order valence-corrected chi connectivity index (χ2v) is 7.01. The summed E-state index contributed by atoms with van der Waals surface area (Å²) in [5.74, 6) is -0.104. The SMILES string of the molecule is CC(=O)c1ccc(S(=O)(=O)Nc2ccc(-n3cccc3)cc2)cc1. The summed E-state index contributed by atoms with van der Waals surface area (Å²) in [5, 5.41) is 0. The lowest BCUT2D eigenvalue weighted by Crippen LogP contribution is -2.13. The number of Topliss-reactive ketones (excluding diaryl/α,β-unsaturated/α-hetero) is 1. The molecule has 1 N–H and O–H groups in total. The predicted molar refractivity (Wildman–Crippen MR) is 93.0 cm³/mol. The normalized spacial score (nSPS) is 11.2. The van der Waals surface area contributed by atoms with Gasteiger partial charge in [-0.2, -0.15) is 0 Å². The van der Waals surface area contributed by atoms with Crippen LogP contribution in [0.15, 0.2) is 78.0 Å². The maximum Gasteiger partial charge on any atom is 0.261 e. The summed E-state index contributed by atoms with van der Waals surface area (Å²) in [5.41, 5.74) is 1.89. The molecule has 5 nitrogen and oxygen atoms in total. The Labute approximate surface area is 140 Å². The first kappa shape index (κ1) is 16.0. The van der Waals surface area contributed by atoms with Gasteiger partial charge in [0.25, 0.3) is 10.0 Å². The Bertz CT molecular complexity index is 943. The highest BCUT2D eigenvalue weighted by molar-refractivity contribution is 7.92. The van der Waals surface area contributed by atoms with Crippen molar-refractivity contribution in [3.05, 3.63) is 78.6 Å². The monoisotopic (exact) mass is 340 g/mol. The molecule has 0 amide bonds.